The van der Waals surface area contributed by atoms with E-state index >= 15 is 0 Å². The van der Waals surface area contributed by atoms with E-state index < -0.39 is 0 Å². The molecule has 3 aromatic rings. The van der Waals surface area contributed by atoms with Crippen molar-refractivity contribution in [1.82, 2.24) is 25.1 Å². The first kappa shape index (κ1) is 21.7. The average Bonchev–Trinajstić information content (AvgIpc) is 3.58. The number of anilines is 4. The largest absolute Gasteiger partial charge is 0.354 e. The van der Waals surface area contributed by atoms with Crippen LogP contribution in [-0.4, -0.2) is 63.7 Å². The van der Waals surface area contributed by atoms with Gasteiger partial charge in [-0.15, -0.1) is 0 Å². The minimum Gasteiger partial charge on any atom is -0.354 e. The third kappa shape index (κ3) is 5.63. The maximum Gasteiger partial charge on any atom is 0.227 e. The number of nitrogens with zero attached hydrogens (tertiary/aromatic N) is 5. The third-order valence-corrected chi connectivity index (χ3v) is 6.75. The summed E-state index contributed by atoms with van der Waals surface area (Å²) >= 11 is 1.51. The molecule has 1 aliphatic carbocycles. The maximum atomic E-state index is 12.0. The van der Waals surface area contributed by atoms with Crippen LogP contribution in [0.5, 0.6) is 0 Å². The highest BCUT2D eigenvalue weighted by Gasteiger charge is 2.29. The van der Waals surface area contributed by atoms with Gasteiger partial charge in [-0.2, -0.15) is 5.10 Å². The Morgan fingerprint density at radius 3 is 2.58 bits per heavy atom. The van der Waals surface area contributed by atoms with Crippen molar-refractivity contribution < 1.29 is 4.79 Å². The molecule has 1 saturated carbocycles. The number of likely N-dealkylation sites (N-methyl/N-ethyl adjacent to an activating group) is 1. The van der Waals surface area contributed by atoms with Crippen LogP contribution in [0, 0.1) is 5.92 Å². The van der Waals surface area contributed by atoms with E-state index in [1.54, 1.807) is 6.20 Å². The molecule has 0 spiro atoms. The maximum absolute atomic E-state index is 12.0. The monoisotopic (exact) mass is 464 g/mol. The van der Waals surface area contributed by atoms with Gasteiger partial charge in [0.15, 0.2) is 5.16 Å². The number of amides is 1. The zero-order chi connectivity index (χ0) is 22.6. The van der Waals surface area contributed by atoms with Gasteiger partial charge in [-0.05, 0) is 55.4 Å². The molecule has 1 aliphatic heterocycles. The molecule has 0 radical (unpaired) electrons. The zero-order valence-electron chi connectivity index (χ0n) is 18.6. The fourth-order valence-corrected chi connectivity index (χ4v) is 4.51. The second kappa shape index (κ2) is 9.80. The lowest BCUT2D eigenvalue weighted by atomic mass is 10.3. The standard InChI is InChI=1S/C23H28N8OS/c1-2-30-11-13-31(14-12-30)21-15-20(26-19-9-10-24-29-19)27-23(28-21)33-18-7-5-17(6-8-18)25-22(32)16-3-4-16/h5-10,15-16H,2-4,11-14H2,1H3,(H,25,32)(H2,24,26,27,28,29). The van der Waals surface area contributed by atoms with E-state index in [-0.39, 0.29) is 11.8 Å². The predicted octanol–water partition coefficient (Wildman–Crippen LogP) is 3.58. The summed E-state index contributed by atoms with van der Waals surface area (Å²) < 4.78 is 0. The van der Waals surface area contributed by atoms with Crippen LogP contribution in [0.25, 0.3) is 0 Å². The molecule has 2 aliphatic rings. The minimum atomic E-state index is 0.115. The van der Waals surface area contributed by atoms with Gasteiger partial charge >= 0.3 is 0 Å². The molecule has 2 fully saturated rings. The number of aromatic nitrogens is 4. The number of hydrogen-bond acceptors (Lipinski definition) is 8. The van der Waals surface area contributed by atoms with Gasteiger partial charge in [-0.3, -0.25) is 9.89 Å². The lowest BCUT2D eigenvalue weighted by Gasteiger charge is -2.34. The van der Waals surface area contributed by atoms with Crippen molar-refractivity contribution in [3.63, 3.8) is 0 Å². The second-order valence-electron chi connectivity index (χ2n) is 8.30. The van der Waals surface area contributed by atoms with E-state index in [2.05, 4.69) is 37.6 Å². The van der Waals surface area contributed by atoms with Gasteiger partial charge in [0.05, 0.1) is 6.20 Å². The fourth-order valence-electron chi connectivity index (χ4n) is 3.74. The Kier molecular flexibility index (Phi) is 6.45. The number of benzene rings is 1. The molecular formula is C23H28N8OS. The van der Waals surface area contributed by atoms with E-state index in [0.717, 1.165) is 73.6 Å². The molecule has 1 saturated heterocycles. The van der Waals surface area contributed by atoms with Crippen LogP contribution in [0.15, 0.2) is 52.6 Å². The molecule has 10 heteroatoms. The van der Waals surface area contributed by atoms with Gasteiger partial charge in [-0.25, -0.2) is 9.97 Å². The smallest absolute Gasteiger partial charge is 0.227 e. The Labute approximate surface area is 197 Å². The van der Waals surface area contributed by atoms with Crippen LogP contribution in [0.3, 0.4) is 0 Å². The summed E-state index contributed by atoms with van der Waals surface area (Å²) in [4.78, 5) is 27.3. The number of nitrogens with one attached hydrogen (secondary N) is 3. The number of piperazine rings is 1. The Bertz CT molecular complexity index is 1080. The van der Waals surface area contributed by atoms with Gasteiger partial charge in [0.2, 0.25) is 5.91 Å². The minimum absolute atomic E-state index is 0.115. The van der Waals surface area contributed by atoms with Crippen molar-refractivity contribution in [3.05, 3.63) is 42.6 Å². The first-order valence-corrected chi connectivity index (χ1v) is 12.2. The summed E-state index contributed by atoms with van der Waals surface area (Å²) in [5.74, 6) is 2.72. The molecule has 5 rings (SSSR count). The van der Waals surface area contributed by atoms with Crippen molar-refractivity contribution in [2.45, 2.75) is 29.8 Å². The van der Waals surface area contributed by atoms with E-state index in [1.165, 1.54) is 11.8 Å². The van der Waals surface area contributed by atoms with Crippen LogP contribution < -0.4 is 15.5 Å². The first-order chi connectivity index (χ1) is 16.2. The Balaban J connectivity index is 1.33. The topological polar surface area (TPSA) is 102 Å². The van der Waals surface area contributed by atoms with Crippen LogP contribution in [-0.2, 0) is 4.79 Å². The molecule has 1 amide bonds. The quantitative estimate of drug-likeness (QED) is 0.435. The van der Waals surface area contributed by atoms with Crippen molar-refractivity contribution >= 4 is 40.8 Å². The summed E-state index contributed by atoms with van der Waals surface area (Å²) in [6, 6.07) is 11.7. The molecule has 0 bridgehead atoms. The van der Waals surface area contributed by atoms with Crippen LogP contribution in [0.2, 0.25) is 0 Å². The SMILES string of the molecule is CCN1CCN(c2cc(Nc3ccn[nH]3)nc(Sc3ccc(NC(=O)C4CC4)cc3)n2)CC1. The highest BCUT2D eigenvalue weighted by Crippen LogP contribution is 2.32. The molecule has 3 N–H and O–H groups in total. The van der Waals surface area contributed by atoms with E-state index in [1.807, 2.05) is 36.4 Å². The van der Waals surface area contributed by atoms with Crippen molar-refractivity contribution in [1.29, 1.82) is 0 Å². The summed E-state index contributed by atoms with van der Waals surface area (Å²) in [6.07, 6.45) is 3.69. The molecular weight excluding hydrogens is 436 g/mol. The Morgan fingerprint density at radius 2 is 1.91 bits per heavy atom. The van der Waals surface area contributed by atoms with Crippen LogP contribution in [0.4, 0.5) is 23.1 Å². The number of H-pyrrole nitrogens is 1. The van der Waals surface area contributed by atoms with E-state index in [9.17, 15) is 4.79 Å². The normalized spacial score (nSPS) is 16.6. The predicted molar refractivity (Wildman–Crippen MR) is 130 cm³/mol. The number of rotatable bonds is 8. The van der Waals surface area contributed by atoms with Gasteiger partial charge in [-0.1, -0.05) is 6.92 Å². The number of carbonyl (C=O) groups is 1. The van der Waals surface area contributed by atoms with Crippen molar-refractivity contribution in [2.24, 2.45) is 5.92 Å². The molecule has 3 heterocycles. The fraction of sp³-hybridized carbons (Fsp3) is 0.391. The molecule has 9 nitrogen and oxygen atoms in total. The van der Waals surface area contributed by atoms with Gasteiger partial charge in [0, 0.05) is 54.8 Å². The zero-order valence-corrected chi connectivity index (χ0v) is 19.4. The van der Waals surface area contributed by atoms with Crippen molar-refractivity contribution in [3.8, 4) is 0 Å². The Morgan fingerprint density at radius 1 is 1.12 bits per heavy atom. The highest BCUT2D eigenvalue weighted by molar-refractivity contribution is 7.99. The number of hydrogen-bond donors (Lipinski definition) is 3. The van der Waals surface area contributed by atoms with E-state index in [0.29, 0.717) is 5.16 Å². The highest BCUT2D eigenvalue weighted by atomic mass is 32.2. The van der Waals surface area contributed by atoms with Gasteiger partial charge < -0.3 is 20.4 Å². The molecule has 172 valence electrons. The molecule has 0 atom stereocenters. The van der Waals surface area contributed by atoms with Crippen molar-refractivity contribution in [2.75, 3.05) is 48.3 Å². The van der Waals surface area contributed by atoms with Crippen LogP contribution >= 0.6 is 11.8 Å². The number of carbonyl (C=O) groups excluding carboxylic acids is 1. The summed E-state index contributed by atoms with van der Waals surface area (Å²) in [5, 5.41) is 13.9. The van der Waals surface area contributed by atoms with Gasteiger partial charge in [0.1, 0.15) is 17.5 Å². The molecule has 2 aromatic heterocycles. The van der Waals surface area contributed by atoms with E-state index in [4.69, 9.17) is 9.97 Å². The summed E-state index contributed by atoms with van der Waals surface area (Å²) in [5.41, 5.74) is 0.821. The molecule has 33 heavy (non-hydrogen) atoms. The first-order valence-electron chi connectivity index (χ1n) is 11.4. The lowest BCUT2D eigenvalue weighted by molar-refractivity contribution is -0.117. The summed E-state index contributed by atoms with van der Waals surface area (Å²) in [7, 11) is 0. The third-order valence-electron chi connectivity index (χ3n) is 5.88. The Hall–Kier alpha value is -3.11. The lowest BCUT2D eigenvalue weighted by Crippen LogP contribution is -2.46. The molecule has 0 unspecified atom stereocenters. The summed E-state index contributed by atoms with van der Waals surface area (Å²) in [6.45, 7) is 7.20. The number of aromatic amines is 1. The average molecular weight is 465 g/mol. The second-order valence-corrected chi connectivity index (χ2v) is 9.34. The van der Waals surface area contributed by atoms with Gasteiger partial charge in [0.25, 0.3) is 0 Å². The molecule has 1 aromatic carbocycles. The van der Waals surface area contributed by atoms with Crippen LogP contribution in [0.1, 0.15) is 19.8 Å².